The van der Waals surface area contributed by atoms with E-state index in [0.29, 0.717) is 12.0 Å². The van der Waals surface area contributed by atoms with Crippen LogP contribution in [0.2, 0.25) is 0 Å². The number of carbonyl (C=O) groups excluding carboxylic acids is 1. The van der Waals surface area contributed by atoms with Gasteiger partial charge in [-0.1, -0.05) is 30.3 Å². The van der Waals surface area contributed by atoms with Gasteiger partial charge in [0.25, 0.3) is 0 Å². The van der Waals surface area contributed by atoms with Crippen LogP contribution in [-0.4, -0.2) is 18.5 Å². The van der Waals surface area contributed by atoms with Gasteiger partial charge in [0.05, 0.1) is 6.54 Å². The number of hydrogen-bond donors (Lipinski definition) is 2. The molecule has 0 heterocycles. The topological polar surface area (TPSA) is 55.1 Å². The van der Waals surface area contributed by atoms with E-state index >= 15 is 0 Å². The van der Waals surface area contributed by atoms with Crippen molar-refractivity contribution < 1.29 is 4.79 Å². The Balaban J connectivity index is 1.81. The number of carbonyl (C=O) groups is 1. The Bertz CT molecular complexity index is 331. The lowest BCUT2D eigenvalue weighted by Crippen LogP contribution is -2.45. The van der Waals surface area contributed by atoms with Crippen LogP contribution in [0.3, 0.4) is 0 Å². The van der Waals surface area contributed by atoms with Crippen LogP contribution < -0.4 is 11.1 Å². The zero-order valence-corrected chi connectivity index (χ0v) is 8.65. The highest BCUT2D eigenvalue weighted by molar-refractivity contribution is 5.78. The van der Waals surface area contributed by atoms with Gasteiger partial charge in [0.1, 0.15) is 0 Å². The minimum atomic E-state index is -0.0495. The van der Waals surface area contributed by atoms with E-state index in [1.165, 1.54) is 5.56 Å². The van der Waals surface area contributed by atoms with Crippen molar-refractivity contribution in [2.75, 3.05) is 6.54 Å². The van der Waals surface area contributed by atoms with Crippen molar-refractivity contribution in [3.05, 3.63) is 35.9 Å². The summed E-state index contributed by atoms with van der Waals surface area (Å²) in [6.07, 6.45) is 2.07. The third-order valence-electron chi connectivity index (χ3n) is 2.96. The Kier molecular flexibility index (Phi) is 3.02. The lowest BCUT2D eigenvalue weighted by atomic mass is 9.76. The maximum atomic E-state index is 11.0. The monoisotopic (exact) mass is 204 g/mol. The van der Waals surface area contributed by atoms with Gasteiger partial charge in [0, 0.05) is 6.04 Å². The van der Waals surface area contributed by atoms with Crippen molar-refractivity contribution in [1.29, 1.82) is 0 Å². The molecule has 3 nitrogen and oxygen atoms in total. The van der Waals surface area contributed by atoms with Gasteiger partial charge in [-0.3, -0.25) is 4.79 Å². The summed E-state index contributed by atoms with van der Waals surface area (Å²) in [4.78, 5) is 11.0. The molecule has 0 saturated heterocycles. The molecule has 1 saturated carbocycles. The SMILES string of the molecule is NCC(=O)NC1CC(c2ccccc2)C1. The molecule has 2 rings (SSSR count). The number of benzene rings is 1. The molecular formula is C12H16N2O. The normalized spacial score (nSPS) is 24.3. The largest absolute Gasteiger partial charge is 0.352 e. The standard InChI is InChI=1S/C12H16N2O/c13-8-12(15)14-11-6-10(7-11)9-4-2-1-3-5-9/h1-5,10-11H,6-8,13H2,(H,14,15). The van der Waals surface area contributed by atoms with E-state index < -0.39 is 0 Å². The lowest BCUT2D eigenvalue weighted by molar-refractivity contribution is -0.121. The van der Waals surface area contributed by atoms with E-state index in [-0.39, 0.29) is 12.5 Å². The molecule has 1 amide bonds. The van der Waals surface area contributed by atoms with Gasteiger partial charge < -0.3 is 11.1 Å². The lowest BCUT2D eigenvalue weighted by Gasteiger charge is -2.36. The van der Waals surface area contributed by atoms with Crippen LogP contribution in [-0.2, 0) is 4.79 Å². The third kappa shape index (κ3) is 2.36. The molecule has 0 radical (unpaired) electrons. The molecule has 1 aromatic carbocycles. The first-order valence-corrected chi connectivity index (χ1v) is 5.34. The van der Waals surface area contributed by atoms with E-state index in [4.69, 9.17) is 5.73 Å². The fraction of sp³-hybridized carbons (Fsp3) is 0.417. The summed E-state index contributed by atoms with van der Waals surface area (Å²) in [5, 5.41) is 2.90. The number of hydrogen-bond acceptors (Lipinski definition) is 2. The number of amides is 1. The van der Waals surface area contributed by atoms with Gasteiger partial charge >= 0.3 is 0 Å². The van der Waals surface area contributed by atoms with E-state index in [0.717, 1.165) is 12.8 Å². The molecule has 0 bridgehead atoms. The van der Waals surface area contributed by atoms with Crippen LogP contribution in [0, 0.1) is 0 Å². The van der Waals surface area contributed by atoms with Crippen molar-refractivity contribution in [3.63, 3.8) is 0 Å². The van der Waals surface area contributed by atoms with E-state index in [1.807, 2.05) is 6.07 Å². The molecule has 3 heteroatoms. The fourth-order valence-corrected chi connectivity index (χ4v) is 2.02. The minimum Gasteiger partial charge on any atom is -0.352 e. The first-order valence-electron chi connectivity index (χ1n) is 5.34. The summed E-state index contributed by atoms with van der Waals surface area (Å²) in [5.41, 5.74) is 6.60. The summed E-state index contributed by atoms with van der Waals surface area (Å²) in [5.74, 6) is 0.556. The molecule has 0 spiro atoms. The van der Waals surface area contributed by atoms with Crippen molar-refractivity contribution in [2.45, 2.75) is 24.8 Å². The molecule has 1 aromatic rings. The van der Waals surface area contributed by atoms with Crippen LogP contribution in [0.1, 0.15) is 24.3 Å². The maximum Gasteiger partial charge on any atom is 0.233 e. The second-order valence-electron chi connectivity index (χ2n) is 4.05. The molecule has 0 aliphatic heterocycles. The van der Waals surface area contributed by atoms with Gasteiger partial charge in [0.15, 0.2) is 0 Å². The van der Waals surface area contributed by atoms with Crippen LogP contribution >= 0.6 is 0 Å². The summed E-state index contributed by atoms with van der Waals surface area (Å²) in [6.45, 7) is 0.0898. The Labute approximate surface area is 89.7 Å². The van der Waals surface area contributed by atoms with Gasteiger partial charge in [-0.2, -0.15) is 0 Å². The average molecular weight is 204 g/mol. The zero-order chi connectivity index (χ0) is 10.7. The van der Waals surface area contributed by atoms with Gasteiger partial charge in [-0.05, 0) is 24.3 Å². The predicted molar refractivity (Wildman–Crippen MR) is 59.4 cm³/mol. The molecule has 0 aromatic heterocycles. The van der Waals surface area contributed by atoms with Gasteiger partial charge in [0.2, 0.25) is 5.91 Å². The van der Waals surface area contributed by atoms with Crippen LogP contribution in [0.25, 0.3) is 0 Å². The molecule has 0 unspecified atom stereocenters. The fourth-order valence-electron chi connectivity index (χ4n) is 2.02. The third-order valence-corrected chi connectivity index (χ3v) is 2.96. The smallest absolute Gasteiger partial charge is 0.233 e. The molecular weight excluding hydrogens is 188 g/mol. The number of nitrogens with two attached hydrogens (primary N) is 1. The summed E-state index contributed by atoms with van der Waals surface area (Å²) in [7, 11) is 0. The molecule has 1 aliphatic carbocycles. The highest BCUT2D eigenvalue weighted by Crippen LogP contribution is 2.36. The molecule has 3 N–H and O–H groups in total. The van der Waals surface area contributed by atoms with Gasteiger partial charge in [-0.15, -0.1) is 0 Å². The first-order chi connectivity index (χ1) is 7.29. The molecule has 15 heavy (non-hydrogen) atoms. The van der Waals surface area contributed by atoms with Crippen molar-refractivity contribution in [1.82, 2.24) is 5.32 Å². The highest BCUT2D eigenvalue weighted by atomic mass is 16.1. The highest BCUT2D eigenvalue weighted by Gasteiger charge is 2.30. The summed E-state index contributed by atoms with van der Waals surface area (Å²) in [6, 6.07) is 10.8. The summed E-state index contributed by atoms with van der Waals surface area (Å²) < 4.78 is 0. The van der Waals surface area contributed by atoms with Crippen LogP contribution in [0.4, 0.5) is 0 Å². The molecule has 0 atom stereocenters. The number of rotatable bonds is 3. The van der Waals surface area contributed by atoms with Gasteiger partial charge in [-0.25, -0.2) is 0 Å². The quantitative estimate of drug-likeness (QED) is 0.772. The molecule has 80 valence electrons. The molecule has 1 fully saturated rings. The maximum absolute atomic E-state index is 11.0. The zero-order valence-electron chi connectivity index (χ0n) is 8.65. The Hall–Kier alpha value is -1.35. The average Bonchev–Trinajstić information content (AvgIpc) is 2.23. The van der Waals surface area contributed by atoms with Crippen molar-refractivity contribution in [2.24, 2.45) is 5.73 Å². The van der Waals surface area contributed by atoms with E-state index in [9.17, 15) is 4.79 Å². The Morgan fingerprint density at radius 2 is 2.00 bits per heavy atom. The van der Waals surface area contributed by atoms with E-state index in [2.05, 4.69) is 29.6 Å². The Morgan fingerprint density at radius 1 is 1.33 bits per heavy atom. The van der Waals surface area contributed by atoms with Crippen molar-refractivity contribution >= 4 is 5.91 Å². The number of nitrogens with one attached hydrogen (secondary N) is 1. The first kappa shape index (κ1) is 10.2. The minimum absolute atomic E-state index is 0.0495. The molecule has 1 aliphatic rings. The summed E-state index contributed by atoms with van der Waals surface area (Å²) >= 11 is 0. The predicted octanol–water partition coefficient (Wildman–Crippen LogP) is 1.01. The van der Waals surface area contributed by atoms with Crippen molar-refractivity contribution in [3.8, 4) is 0 Å². The Morgan fingerprint density at radius 3 is 2.60 bits per heavy atom. The van der Waals surface area contributed by atoms with E-state index in [1.54, 1.807) is 0 Å². The second kappa shape index (κ2) is 4.45. The van der Waals surface area contributed by atoms with Crippen LogP contribution in [0.15, 0.2) is 30.3 Å². The second-order valence-corrected chi connectivity index (χ2v) is 4.05. The van der Waals surface area contributed by atoms with Crippen LogP contribution in [0.5, 0.6) is 0 Å².